The summed E-state index contributed by atoms with van der Waals surface area (Å²) in [6.45, 7) is 4.34. The summed E-state index contributed by atoms with van der Waals surface area (Å²) in [6, 6.07) is 3.33. The predicted molar refractivity (Wildman–Crippen MR) is 54.9 cm³/mol. The maximum Gasteiger partial charge on any atom is 0.184 e. The van der Waals surface area contributed by atoms with Crippen LogP contribution in [0.25, 0.3) is 0 Å². The minimum absolute atomic E-state index is 0.691. The van der Waals surface area contributed by atoms with E-state index in [-0.39, 0.29) is 0 Å². The van der Waals surface area contributed by atoms with Gasteiger partial charge in [0.05, 0.1) is 6.61 Å². The predicted octanol–water partition coefficient (Wildman–Crippen LogP) is 2.06. The molecule has 0 unspecified atom stereocenters. The Kier molecular flexibility index (Phi) is 4.55. The van der Waals surface area contributed by atoms with Gasteiger partial charge in [0.15, 0.2) is 12.4 Å². The fraction of sp³-hybridized carbons (Fsp3) is 0.364. The molecule has 0 saturated heterocycles. The molecule has 0 atom stereocenters. The van der Waals surface area contributed by atoms with E-state index >= 15 is 0 Å². The summed E-state index contributed by atoms with van der Waals surface area (Å²) in [6.07, 6.45) is 7.90. The number of rotatable bonds is 6. The molecular formula is C11H15NO2. The number of aromatic nitrogens is 1. The van der Waals surface area contributed by atoms with Gasteiger partial charge in [-0.25, -0.2) is 0 Å². The number of hydrogen-bond acceptors (Lipinski definition) is 2. The highest BCUT2D eigenvalue weighted by Crippen LogP contribution is 2.07. The summed E-state index contributed by atoms with van der Waals surface area (Å²) in [5.41, 5.74) is 0. The first-order chi connectivity index (χ1) is 6.83. The molecule has 3 nitrogen and oxygen atoms in total. The smallest absolute Gasteiger partial charge is 0.184 e. The van der Waals surface area contributed by atoms with Crippen molar-refractivity contribution in [2.45, 2.75) is 19.3 Å². The fourth-order valence-corrected chi connectivity index (χ4v) is 1.08. The summed E-state index contributed by atoms with van der Waals surface area (Å²) >= 11 is 0. The van der Waals surface area contributed by atoms with Crippen LogP contribution < -0.4 is 9.47 Å². The van der Waals surface area contributed by atoms with E-state index in [1.54, 1.807) is 12.1 Å². The molecule has 0 radical (unpaired) electrons. The second-order valence-electron chi connectivity index (χ2n) is 3.03. The van der Waals surface area contributed by atoms with Gasteiger partial charge in [-0.05, 0) is 19.3 Å². The standard InChI is InChI=1S/C11H15NO2/c1-2-3-4-5-10-14-11-6-8-12(13)9-7-11/h2,6-9H,1,3-5,10H2. The molecule has 0 aliphatic rings. The fourth-order valence-electron chi connectivity index (χ4n) is 1.08. The number of allylic oxidation sites excluding steroid dienone is 1. The third-order valence-electron chi connectivity index (χ3n) is 1.84. The molecule has 0 aromatic carbocycles. The van der Waals surface area contributed by atoms with Crippen LogP contribution in [0.3, 0.4) is 0 Å². The lowest BCUT2D eigenvalue weighted by molar-refractivity contribution is -0.605. The van der Waals surface area contributed by atoms with Crippen molar-refractivity contribution in [3.05, 3.63) is 42.4 Å². The van der Waals surface area contributed by atoms with Gasteiger partial charge < -0.3 is 9.94 Å². The average Bonchev–Trinajstić information content (AvgIpc) is 2.21. The number of unbranched alkanes of at least 4 members (excludes halogenated alkanes) is 2. The van der Waals surface area contributed by atoms with E-state index in [9.17, 15) is 5.21 Å². The molecule has 0 amide bonds. The van der Waals surface area contributed by atoms with Gasteiger partial charge in [-0.15, -0.1) is 6.58 Å². The van der Waals surface area contributed by atoms with Crippen LogP contribution >= 0.6 is 0 Å². The lowest BCUT2D eigenvalue weighted by Crippen LogP contribution is -2.23. The van der Waals surface area contributed by atoms with E-state index in [0.717, 1.165) is 29.7 Å². The topological polar surface area (TPSA) is 36.2 Å². The van der Waals surface area contributed by atoms with Crippen LogP contribution in [0.4, 0.5) is 0 Å². The molecule has 0 bridgehead atoms. The zero-order chi connectivity index (χ0) is 10.2. The van der Waals surface area contributed by atoms with Gasteiger partial charge in [0.25, 0.3) is 0 Å². The Morgan fingerprint density at radius 3 is 2.71 bits per heavy atom. The molecule has 14 heavy (non-hydrogen) atoms. The highest BCUT2D eigenvalue weighted by Gasteiger charge is 1.94. The number of hydrogen-bond donors (Lipinski definition) is 0. The van der Waals surface area contributed by atoms with Gasteiger partial charge in [-0.3, -0.25) is 0 Å². The Morgan fingerprint density at radius 1 is 1.36 bits per heavy atom. The summed E-state index contributed by atoms with van der Waals surface area (Å²) in [7, 11) is 0. The molecular weight excluding hydrogens is 178 g/mol. The molecule has 0 spiro atoms. The molecule has 0 N–H and O–H groups in total. The van der Waals surface area contributed by atoms with E-state index in [1.165, 1.54) is 12.4 Å². The zero-order valence-corrected chi connectivity index (χ0v) is 8.19. The van der Waals surface area contributed by atoms with Crippen molar-refractivity contribution < 1.29 is 9.47 Å². The van der Waals surface area contributed by atoms with Gasteiger partial charge in [-0.2, -0.15) is 4.73 Å². The van der Waals surface area contributed by atoms with Crippen molar-refractivity contribution >= 4 is 0 Å². The van der Waals surface area contributed by atoms with Crippen LogP contribution in [0.5, 0.6) is 5.75 Å². The average molecular weight is 193 g/mol. The van der Waals surface area contributed by atoms with Crippen LogP contribution in [0.1, 0.15) is 19.3 Å². The maximum absolute atomic E-state index is 10.7. The SMILES string of the molecule is C=CCCCCOc1cc[n+]([O-])cc1. The van der Waals surface area contributed by atoms with Gasteiger partial charge in [0.1, 0.15) is 5.75 Å². The molecule has 0 aliphatic heterocycles. The Morgan fingerprint density at radius 2 is 2.07 bits per heavy atom. The third kappa shape index (κ3) is 3.94. The van der Waals surface area contributed by atoms with Crippen LogP contribution in [0, 0.1) is 5.21 Å². The molecule has 1 aromatic rings. The highest BCUT2D eigenvalue weighted by molar-refractivity contribution is 5.14. The van der Waals surface area contributed by atoms with Crippen LogP contribution in [-0.2, 0) is 0 Å². The zero-order valence-electron chi connectivity index (χ0n) is 8.19. The summed E-state index contributed by atoms with van der Waals surface area (Å²) in [5, 5.41) is 10.7. The van der Waals surface area contributed by atoms with E-state index in [1.807, 2.05) is 6.08 Å². The highest BCUT2D eigenvalue weighted by atomic mass is 16.5. The van der Waals surface area contributed by atoms with E-state index in [2.05, 4.69) is 6.58 Å². The Balaban J connectivity index is 2.18. The van der Waals surface area contributed by atoms with Crippen molar-refractivity contribution in [3.63, 3.8) is 0 Å². The minimum atomic E-state index is 0.691. The monoisotopic (exact) mass is 193 g/mol. The quantitative estimate of drug-likeness (QED) is 0.300. The van der Waals surface area contributed by atoms with Crippen molar-refractivity contribution in [3.8, 4) is 5.75 Å². The largest absolute Gasteiger partial charge is 0.619 e. The van der Waals surface area contributed by atoms with Crippen molar-refractivity contribution in [1.29, 1.82) is 0 Å². The van der Waals surface area contributed by atoms with Crippen molar-refractivity contribution in [1.82, 2.24) is 0 Å². The molecule has 0 saturated carbocycles. The molecule has 3 heteroatoms. The van der Waals surface area contributed by atoms with Gasteiger partial charge >= 0.3 is 0 Å². The van der Waals surface area contributed by atoms with Crippen molar-refractivity contribution in [2.75, 3.05) is 6.61 Å². The van der Waals surface area contributed by atoms with Crippen LogP contribution in [0.2, 0.25) is 0 Å². The second kappa shape index (κ2) is 6.02. The number of ether oxygens (including phenoxy) is 1. The van der Waals surface area contributed by atoms with E-state index in [4.69, 9.17) is 4.74 Å². The van der Waals surface area contributed by atoms with Gasteiger partial charge in [-0.1, -0.05) is 6.08 Å². The van der Waals surface area contributed by atoms with Crippen molar-refractivity contribution in [2.24, 2.45) is 0 Å². The minimum Gasteiger partial charge on any atom is -0.619 e. The first-order valence-electron chi connectivity index (χ1n) is 4.75. The molecule has 1 aromatic heterocycles. The Hall–Kier alpha value is -1.51. The first kappa shape index (κ1) is 10.6. The molecule has 1 rings (SSSR count). The molecule has 0 fully saturated rings. The summed E-state index contributed by atoms with van der Waals surface area (Å²) in [5.74, 6) is 0.746. The summed E-state index contributed by atoms with van der Waals surface area (Å²) < 4.78 is 6.16. The van der Waals surface area contributed by atoms with E-state index < -0.39 is 0 Å². The first-order valence-corrected chi connectivity index (χ1v) is 4.75. The third-order valence-corrected chi connectivity index (χ3v) is 1.84. The van der Waals surface area contributed by atoms with E-state index in [0.29, 0.717) is 6.61 Å². The molecule has 76 valence electrons. The molecule has 0 aliphatic carbocycles. The lowest BCUT2D eigenvalue weighted by atomic mass is 10.2. The lowest BCUT2D eigenvalue weighted by Gasteiger charge is -2.04. The van der Waals surface area contributed by atoms with Gasteiger partial charge in [0.2, 0.25) is 0 Å². The number of pyridine rings is 1. The summed E-state index contributed by atoms with van der Waals surface area (Å²) in [4.78, 5) is 0. The second-order valence-corrected chi connectivity index (χ2v) is 3.03. The van der Waals surface area contributed by atoms with Crippen LogP contribution in [0.15, 0.2) is 37.2 Å². The Labute approximate surface area is 84.2 Å². The maximum atomic E-state index is 10.7. The Bertz CT molecular complexity index is 269. The van der Waals surface area contributed by atoms with Gasteiger partial charge in [0, 0.05) is 12.1 Å². The number of nitrogens with zero attached hydrogens (tertiary/aromatic N) is 1. The van der Waals surface area contributed by atoms with Crippen LogP contribution in [-0.4, -0.2) is 6.61 Å². The normalized spacial score (nSPS) is 9.71. The molecule has 1 heterocycles.